The molecule has 44 heavy (non-hydrogen) atoms. The van der Waals surface area contributed by atoms with Gasteiger partial charge in [0, 0.05) is 28.6 Å². The fourth-order valence-electron chi connectivity index (χ4n) is 8.25. The molecule has 4 N–H and O–H groups in total. The number of aryl methyl sites for hydroxylation is 2. The maximum absolute atomic E-state index is 6.07. The average molecular weight is 587 g/mol. The van der Waals surface area contributed by atoms with Crippen LogP contribution in [0.5, 0.6) is 0 Å². The van der Waals surface area contributed by atoms with Crippen molar-refractivity contribution in [3.63, 3.8) is 0 Å². The lowest BCUT2D eigenvalue weighted by Gasteiger charge is -2.44. The molecule has 1 fully saturated rings. The van der Waals surface area contributed by atoms with Gasteiger partial charge >= 0.3 is 0 Å². The number of rotatable bonds is 11. The Morgan fingerprint density at radius 3 is 1.50 bits per heavy atom. The summed E-state index contributed by atoms with van der Waals surface area (Å²) in [7, 11) is 0. The Bertz CT molecular complexity index is 1410. The molecule has 0 aromatic heterocycles. The van der Waals surface area contributed by atoms with Crippen molar-refractivity contribution in [2.75, 3.05) is 11.5 Å². The Labute approximate surface area is 267 Å². The third-order valence-corrected chi connectivity index (χ3v) is 10.8. The van der Waals surface area contributed by atoms with Crippen molar-refractivity contribution in [3.05, 3.63) is 129 Å². The largest absolute Gasteiger partial charge is 0.399 e. The number of hydrogen-bond donors (Lipinski definition) is 2. The van der Waals surface area contributed by atoms with Crippen LogP contribution in [0.1, 0.15) is 135 Å². The quantitative estimate of drug-likeness (QED) is 0.136. The first kappa shape index (κ1) is 31.9. The Hall–Kier alpha value is -3.52. The molecule has 0 radical (unpaired) electrons. The zero-order chi connectivity index (χ0) is 31.3. The van der Waals surface area contributed by atoms with Crippen LogP contribution in [0.2, 0.25) is 0 Å². The predicted molar refractivity (Wildman–Crippen MR) is 191 cm³/mol. The first-order valence-electron chi connectivity index (χ1n) is 17.2. The third-order valence-electron chi connectivity index (χ3n) is 10.8. The number of nitrogens with two attached hydrogens (primary N) is 2. The minimum Gasteiger partial charge on any atom is -0.399 e. The van der Waals surface area contributed by atoms with E-state index < -0.39 is 0 Å². The van der Waals surface area contributed by atoms with Gasteiger partial charge in [-0.3, -0.25) is 0 Å². The highest BCUT2D eigenvalue weighted by molar-refractivity contribution is 5.50. The molecule has 0 spiro atoms. The maximum Gasteiger partial charge on any atom is 0.0316 e. The van der Waals surface area contributed by atoms with Crippen LogP contribution >= 0.6 is 0 Å². The van der Waals surface area contributed by atoms with Gasteiger partial charge in [0.25, 0.3) is 0 Å². The van der Waals surface area contributed by atoms with Crippen molar-refractivity contribution < 1.29 is 0 Å². The highest BCUT2D eigenvalue weighted by Crippen LogP contribution is 2.50. The third kappa shape index (κ3) is 6.60. The summed E-state index contributed by atoms with van der Waals surface area (Å²) in [6, 6.07) is 32.2. The molecule has 4 aromatic rings. The fourth-order valence-corrected chi connectivity index (χ4v) is 8.25. The predicted octanol–water partition coefficient (Wildman–Crippen LogP) is 11.2. The van der Waals surface area contributed by atoms with Gasteiger partial charge in [0.05, 0.1) is 0 Å². The molecule has 4 aromatic carbocycles. The van der Waals surface area contributed by atoms with E-state index in [1.54, 1.807) is 0 Å². The van der Waals surface area contributed by atoms with E-state index in [0.29, 0.717) is 17.8 Å². The summed E-state index contributed by atoms with van der Waals surface area (Å²) in [5.41, 5.74) is 24.8. The Morgan fingerprint density at radius 2 is 1.09 bits per heavy atom. The van der Waals surface area contributed by atoms with E-state index in [2.05, 4.69) is 107 Å². The molecule has 2 unspecified atom stereocenters. The summed E-state index contributed by atoms with van der Waals surface area (Å²) in [5, 5.41) is 0. The first-order chi connectivity index (χ1) is 21.2. The van der Waals surface area contributed by atoms with Crippen LogP contribution in [-0.4, -0.2) is 0 Å². The van der Waals surface area contributed by atoms with E-state index in [4.69, 9.17) is 11.5 Å². The molecular weight excluding hydrogens is 532 g/mol. The number of nitrogen functional groups attached to an aromatic ring is 2. The van der Waals surface area contributed by atoms with E-state index >= 15 is 0 Å². The molecule has 232 valence electrons. The van der Waals surface area contributed by atoms with Crippen molar-refractivity contribution in [2.45, 2.75) is 110 Å². The Kier molecular flexibility index (Phi) is 10.2. The second-order valence-electron chi connectivity index (χ2n) is 13.7. The van der Waals surface area contributed by atoms with Crippen LogP contribution in [0.15, 0.2) is 84.9 Å². The number of benzene rings is 4. The number of hydrogen-bond acceptors (Lipinski definition) is 2. The molecular formula is C42H54N2. The van der Waals surface area contributed by atoms with Gasteiger partial charge in [-0.05, 0) is 108 Å². The summed E-state index contributed by atoms with van der Waals surface area (Å²) in [6.07, 6.45) is 11.7. The smallest absolute Gasteiger partial charge is 0.0316 e. The van der Waals surface area contributed by atoms with Gasteiger partial charge in [-0.25, -0.2) is 0 Å². The van der Waals surface area contributed by atoms with Crippen molar-refractivity contribution in [2.24, 2.45) is 5.92 Å². The van der Waals surface area contributed by atoms with Gasteiger partial charge in [0.2, 0.25) is 0 Å². The van der Waals surface area contributed by atoms with E-state index in [1.807, 2.05) is 12.1 Å². The topological polar surface area (TPSA) is 52.0 Å². The molecule has 0 amide bonds. The standard InChI is InChI=1S/C42H54N2/c1-6-7-11-26-42(35-12-9-8-10-13-35,36-18-14-33(15-19-36)31(4)40-24-22-38(43)27-29(40)2)37-20-16-34(17-21-37)32(5)41-25-23-39(44)28-30(41)3/h14-25,27-28,31-32,35H,6-13,26,43-44H2,1-5H3. The van der Waals surface area contributed by atoms with Gasteiger partial charge in [-0.2, -0.15) is 0 Å². The molecule has 2 atom stereocenters. The molecule has 2 nitrogen and oxygen atoms in total. The van der Waals surface area contributed by atoms with Crippen LogP contribution in [0, 0.1) is 19.8 Å². The molecule has 0 saturated heterocycles. The lowest BCUT2D eigenvalue weighted by atomic mass is 9.59. The number of unbranched alkanes of at least 4 members (excludes halogenated alkanes) is 2. The molecule has 0 heterocycles. The lowest BCUT2D eigenvalue weighted by molar-refractivity contribution is 0.221. The molecule has 1 aliphatic rings. The summed E-state index contributed by atoms with van der Waals surface area (Å²) >= 11 is 0. The van der Waals surface area contributed by atoms with Crippen LogP contribution in [0.4, 0.5) is 11.4 Å². The lowest BCUT2D eigenvalue weighted by Crippen LogP contribution is -2.38. The molecule has 0 bridgehead atoms. The zero-order valence-corrected chi connectivity index (χ0v) is 27.8. The van der Waals surface area contributed by atoms with Crippen LogP contribution in [-0.2, 0) is 5.41 Å². The minimum absolute atomic E-state index is 0.0351. The van der Waals surface area contributed by atoms with E-state index in [-0.39, 0.29) is 5.41 Å². The summed E-state index contributed by atoms with van der Waals surface area (Å²) < 4.78 is 0. The van der Waals surface area contributed by atoms with Crippen LogP contribution in [0.25, 0.3) is 0 Å². The van der Waals surface area contributed by atoms with Crippen LogP contribution < -0.4 is 11.5 Å². The summed E-state index contributed by atoms with van der Waals surface area (Å²) in [4.78, 5) is 0. The Morgan fingerprint density at radius 1 is 0.636 bits per heavy atom. The molecule has 1 aliphatic carbocycles. The van der Waals surface area contributed by atoms with Gasteiger partial charge in [0.15, 0.2) is 0 Å². The van der Waals surface area contributed by atoms with Crippen molar-refractivity contribution in [3.8, 4) is 0 Å². The van der Waals surface area contributed by atoms with E-state index in [9.17, 15) is 0 Å². The second-order valence-corrected chi connectivity index (χ2v) is 13.7. The summed E-state index contributed by atoms with van der Waals surface area (Å²) in [5.74, 6) is 1.32. The normalized spacial score (nSPS) is 16.8. The minimum atomic E-state index is 0.0351. The molecule has 5 rings (SSSR count). The van der Waals surface area contributed by atoms with Gasteiger partial charge in [0.1, 0.15) is 0 Å². The van der Waals surface area contributed by atoms with Crippen molar-refractivity contribution >= 4 is 11.4 Å². The SMILES string of the molecule is CCCCCC(c1ccc(C(C)c2ccc(N)cc2C)cc1)(c1ccc(C(C)c2ccc(N)cc2C)cc1)C1CCCCC1. The average Bonchev–Trinajstić information content (AvgIpc) is 3.03. The second kappa shape index (κ2) is 14.1. The summed E-state index contributed by atoms with van der Waals surface area (Å²) in [6.45, 7) is 11.3. The zero-order valence-electron chi connectivity index (χ0n) is 27.8. The van der Waals surface area contributed by atoms with E-state index in [0.717, 1.165) is 11.4 Å². The first-order valence-corrected chi connectivity index (χ1v) is 17.2. The monoisotopic (exact) mass is 586 g/mol. The van der Waals surface area contributed by atoms with Gasteiger partial charge < -0.3 is 11.5 Å². The highest BCUT2D eigenvalue weighted by atomic mass is 14.5. The Balaban J connectivity index is 1.55. The molecule has 0 aliphatic heterocycles. The van der Waals surface area contributed by atoms with Crippen molar-refractivity contribution in [1.82, 2.24) is 0 Å². The van der Waals surface area contributed by atoms with Gasteiger partial charge in [-0.15, -0.1) is 0 Å². The maximum atomic E-state index is 6.07. The van der Waals surface area contributed by atoms with Crippen molar-refractivity contribution in [1.29, 1.82) is 0 Å². The van der Waals surface area contributed by atoms with E-state index in [1.165, 1.54) is 102 Å². The van der Waals surface area contributed by atoms with Crippen LogP contribution in [0.3, 0.4) is 0 Å². The molecule has 1 saturated carbocycles. The fraction of sp³-hybridized carbons (Fsp3) is 0.429. The highest BCUT2D eigenvalue weighted by Gasteiger charge is 2.42. The number of anilines is 2. The van der Waals surface area contributed by atoms with Gasteiger partial charge in [-0.1, -0.05) is 120 Å². The molecule has 2 heteroatoms.